The average Bonchev–Trinajstić information content (AvgIpc) is 3.08. The second kappa shape index (κ2) is 7.22. The predicted molar refractivity (Wildman–Crippen MR) is 91.0 cm³/mol. The van der Waals surface area contributed by atoms with Crippen LogP contribution < -0.4 is 10.1 Å². The minimum Gasteiger partial charge on any atom is -0.497 e. The maximum Gasteiger partial charge on any atom is 0.251 e. The van der Waals surface area contributed by atoms with E-state index in [2.05, 4.69) is 36.8 Å². The Morgan fingerprint density at radius 1 is 1.25 bits per heavy atom. The van der Waals surface area contributed by atoms with E-state index in [4.69, 9.17) is 4.74 Å². The predicted octanol–water partition coefficient (Wildman–Crippen LogP) is 2.36. The van der Waals surface area contributed by atoms with Crippen molar-refractivity contribution in [2.24, 2.45) is 0 Å². The summed E-state index contributed by atoms with van der Waals surface area (Å²) in [5.74, 6) is 0.934. The molecule has 7 nitrogen and oxygen atoms in total. The van der Waals surface area contributed by atoms with Gasteiger partial charge in [-0.15, -0.1) is 5.10 Å². The highest BCUT2D eigenvalue weighted by Crippen LogP contribution is 2.16. The number of hydrogen-bond acceptors (Lipinski definition) is 5. The van der Waals surface area contributed by atoms with Crippen LogP contribution in [0.1, 0.15) is 16.2 Å². The maximum atomic E-state index is 12.3. The summed E-state index contributed by atoms with van der Waals surface area (Å²) in [4.78, 5) is 12.3. The van der Waals surface area contributed by atoms with Gasteiger partial charge in [-0.05, 0) is 46.8 Å². The zero-order chi connectivity index (χ0) is 16.9. The topological polar surface area (TPSA) is 81.9 Å². The molecule has 0 aliphatic carbocycles. The number of rotatable bonds is 5. The monoisotopic (exact) mass is 387 g/mol. The summed E-state index contributed by atoms with van der Waals surface area (Å²) in [7, 11) is 1.56. The van der Waals surface area contributed by atoms with E-state index in [-0.39, 0.29) is 12.5 Å². The molecule has 0 saturated carbocycles. The molecule has 1 heterocycles. The minimum atomic E-state index is -0.224. The molecule has 0 aliphatic rings. The first kappa shape index (κ1) is 16.1. The van der Waals surface area contributed by atoms with Gasteiger partial charge in [-0.25, -0.2) is 0 Å². The fraction of sp³-hybridized carbons (Fsp3) is 0.125. The van der Waals surface area contributed by atoms with Crippen LogP contribution in [0.15, 0.2) is 53.0 Å². The van der Waals surface area contributed by atoms with Gasteiger partial charge in [-0.2, -0.15) is 4.68 Å². The molecule has 2 aromatic carbocycles. The molecule has 8 heteroatoms. The van der Waals surface area contributed by atoms with Gasteiger partial charge in [-0.3, -0.25) is 4.79 Å². The van der Waals surface area contributed by atoms with Crippen molar-refractivity contribution in [3.8, 4) is 11.4 Å². The number of halogens is 1. The molecule has 3 rings (SSSR count). The van der Waals surface area contributed by atoms with Crippen molar-refractivity contribution in [3.63, 3.8) is 0 Å². The van der Waals surface area contributed by atoms with Gasteiger partial charge in [0.25, 0.3) is 5.91 Å². The van der Waals surface area contributed by atoms with E-state index in [0.717, 1.165) is 10.2 Å². The van der Waals surface area contributed by atoms with Crippen LogP contribution >= 0.6 is 15.9 Å². The number of benzene rings is 2. The van der Waals surface area contributed by atoms with E-state index in [1.807, 2.05) is 24.3 Å². The standard InChI is InChI=1S/C16H14BrN5O2/c1-24-14-7-2-4-11(8-14)16(23)18-10-15-19-20-21-22(15)13-6-3-5-12(17)9-13/h2-9H,10H2,1H3,(H,18,23). The Morgan fingerprint density at radius 3 is 2.88 bits per heavy atom. The maximum absolute atomic E-state index is 12.3. The number of amides is 1. The molecule has 0 atom stereocenters. The van der Waals surface area contributed by atoms with Crippen molar-refractivity contribution in [2.45, 2.75) is 6.54 Å². The number of aromatic nitrogens is 4. The van der Waals surface area contributed by atoms with Crippen LogP contribution in [0.25, 0.3) is 5.69 Å². The van der Waals surface area contributed by atoms with Gasteiger partial charge in [0.1, 0.15) is 5.75 Å². The summed E-state index contributed by atoms with van der Waals surface area (Å²) in [6.07, 6.45) is 0. The van der Waals surface area contributed by atoms with Crippen LogP contribution in [0.3, 0.4) is 0 Å². The lowest BCUT2D eigenvalue weighted by Gasteiger charge is -2.07. The number of carbonyl (C=O) groups is 1. The molecule has 0 aliphatic heterocycles. The molecule has 0 unspecified atom stereocenters. The van der Waals surface area contributed by atoms with E-state index in [0.29, 0.717) is 17.1 Å². The molecule has 122 valence electrons. The molecule has 0 saturated heterocycles. The highest BCUT2D eigenvalue weighted by Gasteiger charge is 2.11. The van der Waals surface area contributed by atoms with Gasteiger partial charge in [0.15, 0.2) is 5.82 Å². The third-order valence-electron chi connectivity index (χ3n) is 3.33. The largest absolute Gasteiger partial charge is 0.497 e. The number of ether oxygens (including phenoxy) is 1. The molecule has 3 aromatic rings. The summed E-state index contributed by atoms with van der Waals surface area (Å²) in [6.45, 7) is 0.204. The van der Waals surface area contributed by atoms with Crippen molar-refractivity contribution in [3.05, 3.63) is 64.4 Å². The average molecular weight is 388 g/mol. The lowest BCUT2D eigenvalue weighted by molar-refractivity contribution is 0.0949. The lowest BCUT2D eigenvalue weighted by atomic mass is 10.2. The summed E-state index contributed by atoms with van der Waals surface area (Å²) in [5, 5.41) is 14.4. The van der Waals surface area contributed by atoms with Gasteiger partial charge in [0, 0.05) is 10.0 Å². The lowest BCUT2D eigenvalue weighted by Crippen LogP contribution is -2.24. The molecule has 0 bridgehead atoms. The Kier molecular flexibility index (Phi) is 4.85. The van der Waals surface area contributed by atoms with E-state index in [1.165, 1.54) is 0 Å². The van der Waals surface area contributed by atoms with Crippen molar-refractivity contribution in [2.75, 3.05) is 7.11 Å². The molecule has 1 amide bonds. The normalized spacial score (nSPS) is 10.4. The third-order valence-corrected chi connectivity index (χ3v) is 3.82. The van der Waals surface area contributed by atoms with Gasteiger partial charge in [0.05, 0.1) is 19.3 Å². The second-order valence-electron chi connectivity index (χ2n) is 4.90. The van der Waals surface area contributed by atoms with Gasteiger partial charge >= 0.3 is 0 Å². The van der Waals surface area contributed by atoms with Crippen molar-refractivity contribution >= 4 is 21.8 Å². The molecule has 0 fully saturated rings. The SMILES string of the molecule is COc1cccc(C(=O)NCc2nnnn2-c2cccc(Br)c2)c1. The molecule has 1 aromatic heterocycles. The number of nitrogens with zero attached hydrogens (tertiary/aromatic N) is 4. The first-order valence-electron chi connectivity index (χ1n) is 7.13. The highest BCUT2D eigenvalue weighted by molar-refractivity contribution is 9.10. The number of carbonyl (C=O) groups excluding carboxylic acids is 1. The Bertz CT molecular complexity index is 865. The van der Waals surface area contributed by atoms with Crippen LogP contribution in [0.4, 0.5) is 0 Å². The van der Waals surface area contributed by atoms with E-state index in [1.54, 1.807) is 36.1 Å². The quantitative estimate of drug-likeness (QED) is 0.726. The number of nitrogens with one attached hydrogen (secondary N) is 1. The fourth-order valence-electron chi connectivity index (χ4n) is 2.15. The van der Waals surface area contributed by atoms with E-state index in [9.17, 15) is 4.79 Å². The summed E-state index contributed by atoms with van der Waals surface area (Å²) < 4.78 is 7.62. The van der Waals surface area contributed by atoms with Gasteiger partial charge in [0.2, 0.25) is 0 Å². The molecule has 0 radical (unpaired) electrons. The Labute approximate surface area is 146 Å². The zero-order valence-electron chi connectivity index (χ0n) is 12.8. The third kappa shape index (κ3) is 3.60. The Morgan fingerprint density at radius 2 is 2.08 bits per heavy atom. The Hall–Kier alpha value is -2.74. The van der Waals surface area contributed by atoms with Crippen LogP contribution in [-0.2, 0) is 6.54 Å². The number of tetrazole rings is 1. The molecule has 0 spiro atoms. The molecule has 24 heavy (non-hydrogen) atoms. The van der Waals surface area contributed by atoms with E-state index < -0.39 is 0 Å². The smallest absolute Gasteiger partial charge is 0.251 e. The first-order chi connectivity index (χ1) is 11.7. The van der Waals surface area contributed by atoms with E-state index >= 15 is 0 Å². The summed E-state index contributed by atoms with van der Waals surface area (Å²) in [6, 6.07) is 14.5. The fourth-order valence-corrected chi connectivity index (χ4v) is 2.54. The van der Waals surface area contributed by atoms with Crippen molar-refractivity contribution in [1.29, 1.82) is 0 Å². The zero-order valence-corrected chi connectivity index (χ0v) is 14.4. The highest BCUT2D eigenvalue weighted by atomic mass is 79.9. The first-order valence-corrected chi connectivity index (χ1v) is 7.92. The van der Waals surface area contributed by atoms with Crippen LogP contribution in [0.5, 0.6) is 5.75 Å². The van der Waals surface area contributed by atoms with Gasteiger partial charge in [-0.1, -0.05) is 28.1 Å². The second-order valence-corrected chi connectivity index (χ2v) is 5.82. The van der Waals surface area contributed by atoms with Crippen LogP contribution in [0, 0.1) is 0 Å². The van der Waals surface area contributed by atoms with Crippen LogP contribution in [0.2, 0.25) is 0 Å². The summed E-state index contributed by atoms with van der Waals surface area (Å²) >= 11 is 3.42. The number of hydrogen-bond donors (Lipinski definition) is 1. The minimum absolute atomic E-state index is 0.204. The Balaban J connectivity index is 1.73. The van der Waals surface area contributed by atoms with Crippen LogP contribution in [-0.4, -0.2) is 33.2 Å². The molecule has 1 N–H and O–H groups in total. The van der Waals surface area contributed by atoms with Crippen molar-refractivity contribution < 1.29 is 9.53 Å². The van der Waals surface area contributed by atoms with Crippen molar-refractivity contribution in [1.82, 2.24) is 25.5 Å². The number of methoxy groups -OCH3 is 1. The molecular weight excluding hydrogens is 374 g/mol. The molecular formula is C16H14BrN5O2. The van der Waals surface area contributed by atoms with Gasteiger partial charge < -0.3 is 10.1 Å². The summed E-state index contributed by atoms with van der Waals surface area (Å²) in [5.41, 5.74) is 1.32.